The molecule has 2 aromatic carbocycles. The van der Waals surface area contributed by atoms with E-state index in [0.717, 1.165) is 46.8 Å². The van der Waals surface area contributed by atoms with Gasteiger partial charge in [0.15, 0.2) is 0 Å². The summed E-state index contributed by atoms with van der Waals surface area (Å²) in [6, 6.07) is 10.1. The molecule has 34 heavy (non-hydrogen) atoms. The number of carbonyl (C=O) groups excluding carboxylic acids is 1. The zero-order valence-corrected chi connectivity index (χ0v) is 19.8. The van der Waals surface area contributed by atoms with Crippen molar-refractivity contribution in [2.75, 3.05) is 36.4 Å². The summed E-state index contributed by atoms with van der Waals surface area (Å²) in [5.41, 5.74) is 1.61. The number of aryl methyl sites for hydroxylation is 1. The summed E-state index contributed by atoms with van der Waals surface area (Å²) < 4.78 is 66.9. The lowest BCUT2D eigenvalue weighted by Gasteiger charge is -2.31. The van der Waals surface area contributed by atoms with Crippen LogP contribution in [0.4, 0.5) is 24.5 Å². The highest BCUT2D eigenvalue weighted by Gasteiger charge is 2.40. The Kier molecular flexibility index (Phi) is 6.91. The van der Waals surface area contributed by atoms with Crippen LogP contribution in [0.1, 0.15) is 36.8 Å². The average Bonchev–Trinajstić information content (AvgIpc) is 3.35. The number of piperidine rings is 1. The first-order valence-corrected chi connectivity index (χ1v) is 12.8. The number of carbonyl (C=O) groups is 1. The molecule has 2 aliphatic heterocycles. The smallest absolute Gasteiger partial charge is 0.372 e. The molecule has 2 aromatic rings. The van der Waals surface area contributed by atoms with Crippen LogP contribution in [-0.2, 0) is 21.0 Å². The number of nitrogens with one attached hydrogen (secondary N) is 1. The summed E-state index contributed by atoms with van der Waals surface area (Å²) >= 11 is 0. The molecule has 1 N–H and O–H groups in total. The fraction of sp³-hybridized carbons (Fsp3) is 0.458. The van der Waals surface area contributed by atoms with Gasteiger partial charge in [0.1, 0.15) is 0 Å². The van der Waals surface area contributed by atoms with Crippen molar-refractivity contribution in [1.82, 2.24) is 4.31 Å². The van der Waals surface area contributed by atoms with E-state index < -0.39 is 32.6 Å². The molecule has 6 nitrogen and oxygen atoms in total. The standard InChI is InChI=1S/C24H28F3N3O3S/c1-17-16-19(29-12-4-5-13-29)8-9-21(17)28-23(31)18-10-14-30(15-11-18)34(32,33)22-7-3-2-6-20(22)24(25,26)27/h2-3,6-9,16,18H,4-5,10-15H2,1H3,(H,28,31). The first-order chi connectivity index (χ1) is 16.1. The highest BCUT2D eigenvalue weighted by atomic mass is 32.2. The zero-order chi connectivity index (χ0) is 24.5. The van der Waals surface area contributed by atoms with Crippen molar-refractivity contribution in [3.63, 3.8) is 0 Å². The lowest BCUT2D eigenvalue weighted by Crippen LogP contribution is -2.42. The monoisotopic (exact) mass is 495 g/mol. The van der Waals surface area contributed by atoms with Gasteiger partial charge in [-0.25, -0.2) is 8.42 Å². The van der Waals surface area contributed by atoms with Crippen LogP contribution >= 0.6 is 0 Å². The topological polar surface area (TPSA) is 69.7 Å². The quantitative estimate of drug-likeness (QED) is 0.656. The minimum absolute atomic E-state index is 0.0144. The van der Waals surface area contributed by atoms with E-state index in [1.807, 2.05) is 25.1 Å². The Morgan fingerprint density at radius 2 is 1.65 bits per heavy atom. The number of amides is 1. The number of anilines is 2. The third-order valence-electron chi connectivity index (χ3n) is 6.57. The van der Waals surface area contributed by atoms with Crippen LogP contribution in [-0.4, -0.2) is 44.8 Å². The second kappa shape index (κ2) is 9.58. The highest BCUT2D eigenvalue weighted by Crippen LogP contribution is 2.36. The van der Waals surface area contributed by atoms with Crippen LogP contribution < -0.4 is 10.2 Å². The maximum Gasteiger partial charge on any atom is 0.417 e. The molecule has 0 bridgehead atoms. The third kappa shape index (κ3) is 5.07. The number of hydrogen-bond acceptors (Lipinski definition) is 4. The number of nitrogens with zero attached hydrogens (tertiary/aromatic N) is 2. The van der Waals surface area contributed by atoms with E-state index in [2.05, 4.69) is 10.2 Å². The molecule has 0 aliphatic carbocycles. The lowest BCUT2D eigenvalue weighted by atomic mass is 9.97. The number of sulfonamides is 1. The highest BCUT2D eigenvalue weighted by molar-refractivity contribution is 7.89. The Bertz CT molecular complexity index is 1150. The molecule has 0 spiro atoms. The van der Waals surface area contributed by atoms with Crippen molar-refractivity contribution in [2.45, 2.75) is 43.7 Å². The van der Waals surface area contributed by atoms with Crippen LogP contribution in [0.15, 0.2) is 47.4 Å². The molecule has 2 saturated heterocycles. The molecule has 0 atom stereocenters. The van der Waals surface area contributed by atoms with Crippen LogP contribution in [0.2, 0.25) is 0 Å². The molecule has 184 valence electrons. The van der Waals surface area contributed by atoms with Crippen LogP contribution in [0.3, 0.4) is 0 Å². The Morgan fingerprint density at radius 1 is 1.00 bits per heavy atom. The Labute approximate surface area is 197 Å². The van der Waals surface area contributed by atoms with Crippen molar-refractivity contribution < 1.29 is 26.4 Å². The average molecular weight is 496 g/mol. The van der Waals surface area contributed by atoms with Gasteiger partial charge in [0.05, 0.1) is 10.5 Å². The minimum Gasteiger partial charge on any atom is -0.372 e. The maximum absolute atomic E-state index is 13.3. The zero-order valence-electron chi connectivity index (χ0n) is 18.9. The van der Waals surface area contributed by atoms with Gasteiger partial charge in [-0.3, -0.25) is 4.79 Å². The van der Waals surface area contributed by atoms with Crippen molar-refractivity contribution >= 4 is 27.3 Å². The first-order valence-electron chi connectivity index (χ1n) is 11.4. The molecule has 0 saturated carbocycles. The van der Waals surface area contributed by atoms with Crippen LogP contribution in [0.5, 0.6) is 0 Å². The second-order valence-electron chi connectivity index (χ2n) is 8.85. The summed E-state index contributed by atoms with van der Waals surface area (Å²) in [4.78, 5) is 14.4. The van der Waals surface area contributed by atoms with Gasteiger partial charge in [-0.2, -0.15) is 17.5 Å². The summed E-state index contributed by atoms with van der Waals surface area (Å²) in [7, 11) is -4.33. The Balaban J connectivity index is 1.40. The molecule has 0 radical (unpaired) electrons. The minimum atomic E-state index is -4.77. The molecule has 4 rings (SSSR count). The predicted octanol–water partition coefficient (Wildman–Crippen LogP) is 4.65. The molecule has 2 heterocycles. The number of benzene rings is 2. The molecule has 2 fully saturated rings. The first kappa shape index (κ1) is 24.5. The third-order valence-corrected chi connectivity index (χ3v) is 8.53. The van der Waals surface area contributed by atoms with E-state index in [1.165, 1.54) is 18.9 Å². The molecule has 0 aromatic heterocycles. The van der Waals surface area contributed by atoms with Gasteiger partial charge < -0.3 is 10.2 Å². The number of hydrogen-bond donors (Lipinski definition) is 1. The van der Waals surface area contributed by atoms with Gasteiger partial charge in [-0.15, -0.1) is 0 Å². The van der Waals surface area contributed by atoms with Gasteiger partial charge in [-0.1, -0.05) is 12.1 Å². The largest absolute Gasteiger partial charge is 0.417 e. The second-order valence-corrected chi connectivity index (χ2v) is 10.8. The number of alkyl halides is 3. The molecule has 10 heteroatoms. The number of rotatable bonds is 5. The van der Waals surface area contributed by atoms with Gasteiger partial charge in [-0.05, 0) is 68.5 Å². The van der Waals surface area contributed by atoms with E-state index in [0.29, 0.717) is 5.69 Å². The Hall–Kier alpha value is -2.59. The maximum atomic E-state index is 13.3. The fourth-order valence-corrected chi connectivity index (χ4v) is 6.30. The van der Waals surface area contributed by atoms with Crippen molar-refractivity contribution in [3.05, 3.63) is 53.6 Å². The summed E-state index contributed by atoms with van der Waals surface area (Å²) in [6.45, 7) is 3.96. The van der Waals surface area contributed by atoms with Gasteiger partial charge in [0.25, 0.3) is 0 Å². The van der Waals surface area contributed by atoms with E-state index in [4.69, 9.17) is 0 Å². The molecular weight excluding hydrogens is 467 g/mol. The van der Waals surface area contributed by atoms with Crippen LogP contribution in [0.25, 0.3) is 0 Å². The lowest BCUT2D eigenvalue weighted by molar-refractivity contribution is -0.139. The SMILES string of the molecule is Cc1cc(N2CCCC2)ccc1NC(=O)C1CCN(S(=O)(=O)c2ccccc2C(F)(F)F)CC1. The normalized spacial score (nSPS) is 18.3. The molecule has 0 unspecified atom stereocenters. The predicted molar refractivity (Wildman–Crippen MR) is 124 cm³/mol. The fourth-order valence-electron chi connectivity index (χ4n) is 4.62. The van der Waals surface area contributed by atoms with Crippen molar-refractivity contribution in [1.29, 1.82) is 0 Å². The van der Waals surface area contributed by atoms with Gasteiger partial charge in [0, 0.05) is 43.5 Å². The summed E-state index contributed by atoms with van der Waals surface area (Å²) in [5.74, 6) is -0.619. The summed E-state index contributed by atoms with van der Waals surface area (Å²) in [6.07, 6.45) is -1.94. The number of halogens is 3. The molecule has 2 aliphatic rings. The van der Waals surface area contributed by atoms with E-state index in [-0.39, 0.29) is 31.8 Å². The van der Waals surface area contributed by atoms with E-state index >= 15 is 0 Å². The van der Waals surface area contributed by atoms with Gasteiger partial charge >= 0.3 is 6.18 Å². The summed E-state index contributed by atoms with van der Waals surface area (Å²) in [5, 5.41) is 2.94. The van der Waals surface area contributed by atoms with E-state index in [1.54, 1.807) is 0 Å². The molecular formula is C24H28F3N3O3S. The van der Waals surface area contributed by atoms with Crippen LogP contribution in [0, 0.1) is 12.8 Å². The van der Waals surface area contributed by atoms with E-state index in [9.17, 15) is 26.4 Å². The van der Waals surface area contributed by atoms with Crippen molar-refractivity contribution in [2.24, 2.45) is 5.92 Å². The van der Waals surface area contributed by atoms with Crippen molar-refractivity contribution in [3.8, 4) is 0 Å². The van der Waals surface area contributed by atoms with Gasteiger partial charge in [0.2, 0.25) is 15.9 Å². The Morgan fingerprint density at radius 3 is 2.26 bits per heavy atom. The molecule has 1 amide bonds.